The summed E-state index contributed by atoms with van der Waals surface area (Å²) in [5, 5.41) is 1.10. The van der Waals surface area contributed by atoms with Crippen LogP contribution < -0.4 is 4.90 Å². The summed E-state index contributed by atoms with van der Waals surface area (Å²) in [5.41, 5.74) is 1.58. The molecule has 1 heterocycles. The zero-order valence-electron chi connectivity index (χ0n) is 18.2. The van der Waals surface area contributed by atoms with Crippen LogP contribution >= 0.6 is 35.3 Å². The molecule has 1 amide bonds. The predicted molar refractivity (Wildman–Crippen MR) is 135 cm³/mol. The SMILES string of the molecule is CCN(CC)CCN(C(=O)CS(=O)(=O)c1ccccc1)c1nc2c(C)c(Cl)ccc2s1.Cl. The van der Waals surface area contributed by atoms with Gasteiger partial charge in [0.2, 0.25) is 5.91 Å². The lowest BCUT2D eigenvalue weighted by molar-refractivity contribution is -0.116. The Morgan fingerprint density at radius 2 is 1.72 bits per heavy atom. The van der Waals surface area contributed by atoms with Crippen LogP contribution in [-0.2, 0) is 14.6 Å². The number of likely N-dealkylation sites (N-methyl/N-ethyl adjacent to an activating group) is 1. The normalized spacial score (nSPS) is 11.5. The first-order chi connectivity index (χ1) is 14.8. The molecule has 0 aliphatic heterocycles. The highest BCUT2D eigenvalue weighted by molar-refractivity contribution is 7.92. The van der Waals surface area contributed by atoms with Gasteiger partial charge in [0.05, 0.1) is 15.1 Å². The zero-order chi connectivity index (χ0) is 22.6. The summed E-state index contributed by atoms with van der Waals surface area (Å²) < 4.78 is 26.5. The third-order valence-corrected chi connectivity index (χ3v) is 8.29. The Balaban J connectivity index is 0.00000363. The number of carbonyl (C=O) groups excluding carboxylic acids is 1. The van der Waals surface area contributed by atoms with Crippen molar-refractivity contribution in [3.63, 3.8) is 0 Å². The lowest BCUT2D eigenvalue weighted by Gasteiger charge is -2.24. The van der Waals surface area contributed by atoms with E-state index in [0.717, 1.165) is 28.9 Å². The fourth-order valence-electron chi connectivity index (χ4n) is 3.26. The molecule has 2 aromatic carbocycles. The molecule has 0 atom stereocenters. The van der Waals surface area contributed by atoms with Gasteiger partial charge in [0.15, 0.2) is 15.0 Å². The highest BCUT2D eigenvalue weighted by Crippen LogP contribution is 2.33. The molecule has 3 aromatic rings. The Kier molecular flexibility index (Phi) is 9.48. The van der Waals surface area contributed by atoms with E-state index in [1.54, 1.807) is 18.2 Å². The third kappa shape index (κ3) is 5.99. The summed E-state index contributed by atoms with van der Waals surface area (Å²) in [6, 6.07) is 11.7. The van der Waals surface area contributed by atoms with E-state index in [-0.39, 0.29) is 17.3 Å². The van der Waals surface area contributed by atoms with E-state index in [9.17, 15) is 13.2 Å². The van der Waals surface area contributed by atoms with Crippen LogP contribution in [0.2, 0.25) is 5.02 Å². The highest BCUT2D eigenvalue weighted by Gasteiger charge is 2.27. The van der Waals surface area contributed by atoms with Crippen LogP contribution in [0.15, 0.2) is 47.4 Å². The van der Waals surface area contributed by atoms with Crippen LogP contribution in [0.3, 0.4) is 0 Å². The number of sulfone groups is 1. The second-order valence-corrected chi connectivity index (χ2v) is 10.6. The van der Waals surface area contributed by atoms with Crippen molar-refractivity contribution in [3.8, 4) is 0 Å². The molecule has 0 N–H and O–H groups in total. The Morgan fingerprint density at radius 3 is 2.34 bits per heavy atom. The Bertz CT molecular complexity index is 1160. The number of amides is 1. The van der Waals surface area contributed by atoms with Gasteiger partial charge in [-0.25, -0.2) is 13.4 Å². The number of halogens is 2. The minimum Gasteiger partial charge on any atom is -0.302 e. The van der Waals surface area contributed by atoms with Gasteiger partial charge >= 0.3 is 0 Å². The smallest absolute Gasteiger partial charge is 0.244 e. The Labute approximate surface area is 204 Å². The number of anilines is 1. The number of hydrogen-bond donors (Lipinski definition) is 0. The standard InChI is InChI=1S/C22H26ClN3O3S2.ClH/c1-4-25(5-2)13-14-26(20(27)15-31(28,29)17-9-7-6-8-10-17)22-24-21-16(3)18(23)11-12-19(21)30-22;/h6-12H,4-5,13-15H2,1-3H3;1H. The second-order valence-electron chi connectivity index (χ2n) is 7.16. The minimum absolute atomic E-state index is 0. The van der Waals surface area contributed by atoms with Crippen molar-refractivity contribution in [2.75, 3.05) is 36.8 Å². The van der Waals surface area contributed by atoms with Crippen molar-refractivity contribution in [2.24, 2.45) is 0 Å². The summed E-state index contributed by atoms with van der Waals surface area (Å²) in [6.45, 7) is 8.66. The number of fused-ring (bicyclic) bond motifs is 1. The number of rotatable bonds is 9. The van der Waals surface area contributed by atoms with Gasteiger partial charge in [0, 0.05) is 18.1 Å². The summed E-state index contributed by atoms with van der Waals surface area (Å²) >= 11 is 7.60. The lowest BCUT2D eigenvalue weighted by atomic mass is 10.2. The van der Waals surface area contributed by atoms with Crippen molar-refractivity contribution < 1.29 is 13.2 Å². The summed E-state index contributed by atoms with van der Waals surface area (Å²) in [7, 11) is -3.76. The molecule has 6 nitrogen and oxygen atoms in total. The monoisotopic (exact) mass is 515 g/mol. The average Bonchev–Trinajstić information content (AvgIpc) is 3.19. The molecule has 0 fully saturated rings. The predicted octanol–water partition coefficient (Wildman–Crippen LogP) is 4.83. The maximum absolute atomic E-state index is 13.2. The first-order valence-corrected chi connectivity index (χ1v) is 13.0. The van der Waals surface area contributed by atoms with E-state index >= 15 is 0 Å². The van der Waals surface area contributed by atoms with Crippen LogP contribution in [0, 0.1) is 6.92 Å². The van der Waals surface area contributed by atoms with Gasteiger partial charge in [-0.1, -0.05) is 55.0 Å². The number of carbonyl (C=O) groups is 1. The van der Waals surface area contributed by atoms with Crippen molar-refractivity contribution in [2.45, 2.75) is 25.7 Å². The number of benzene rings is 2. The molecule has 3 rings (SSSR count). The first kappa shape index (κ1) is 26.5. The molecule has 0 saturated heterocycles. The van der Waals surface area contributed by atoms with Gasteiger partial charge in [-0.15, -0.1) is 12.4 Å². The number of thiazole rings is 1. The molecule has 0 radical (unpaired) electrons. The molecule has 0 aliphatic rings. The highest BCUT2D eigenvalue weighted by atomic mass is 35.5. The minimum atomic E-state index is -3.76. The maximum Gasteiger partial charge on any atom is 0.244 e. The van der Waals surface area contributed by atoms with E-state index in [1.165, 1.54) is 28.4 Å². The molecule has 0 saturated carbocycles. The molecule has 0 spiro atoms. The molecule has 174 valence electrons. The Morgan fingerprint density at radius 1 is 1.06 bits per heavy atom. The molecule has 0 unspecified atom stereocenters. The largest absolute Gasteiger partial charge is 0.302 e. The van der Waals surface area contributed by atoms with Crippen molar-refractivity contribution >= 4 is 66.4 Å². The fourth-order valence-corrected chi connectivity index (χ4v) is 5.70. The zero-order valence-corrected chi connectivity index (χ0v) is 21.5. The molecule has 32 heavy (non-hydrogen) atoms. The van der Waals surface area contributed by atoms with Gasteiger partial charge in [-0.3, -0.25) is 9.69 Å². The summed E-state index contributed by atoms with van der Waals surface area (Å²) in [6.07, 6.45) is 0. The summed E-state index contributed by atoms with van der Waals surface area (Å²) in [5.74, 6) is -1.09. The van der Waals surface area contributed by atoms with Gasteiger partial charge in [-0.05, 0) is 49.8 Å². The van der Waals surface area contributed by atoms with Crippen LogP contribution in [0.4, 0.5) is 5.13 Å². The number of aryl methyl sites for hydroxylation is 1. The first-order valence-electron chi connectivity index (χ1n) is 10.1. The topological polar surface area (TPSA) is 70.6 Å². The van der Waals surface area contributed by atoms with Crippen LogP contribution in [0.5, 0.6) is 0 Å². The Hall–Kier alpha value is -1.71. The van der Waals surface area contributed by atoms with Crippen LogP contribution in [0.25, 0.3) is 10.2 Å². The number of nitrogens with zero attached hydrogens (tertiary/aromatic N) is 3. The van der Waals surface area contributed by atoms with Crippen molar-refractivity contribution in [1.29, 1.82) is 0 Å². The van der Waals surface area contributed by atoms with Crippen LogP contribution in [0.1, 0.15) is 19.4 Å². The fraction of sp³-hybridized carbons (Fsp3) is 0.364. The van der Waals surface area contributed by atoms with Gasteiger partial charge in [0.1, 0.15) is 5.75 Å². The molecular formula is C22H27Cl2N3O3S2. The van der Waals surface area contributed by atoms with Crippen LogP contribution in [-0.4, -0.2) is 56.1 Å². The van der Waals surface area contributed by atoms with E-state index in [1.807, 2.05) is 19.1 Å². The number of hydrogen-bond acceptors (Lipinski definition) is 6. The van der Waals surface area contributed by atoms with E-state index in [4.69, 9.17) is 11.6 Å². The molecule has 1 aromatic heterocycles. The van der Waals surface area contributed by atoms with E-state index in [0.29, 0.717) is 23.2 Å². The van der Waals surface area contributed by atoms with Gasteiger partial charge in [-0.2, -0.15) is 0 Å². The molecule has 0 aliphatic carbocycles. The molecule has 10 heteroatoms. The third-order valence-electron chi connectivity index (χ3n) is 5.22. The van der Waals surface area contributed by atoms with Gasteiger partial charge in [0.25, 0.3) is 0 Å². The quantitative estimate of drug-likeness (QED) is 0.408. The molecular weight excluding hydrogens is 489 g/mol. The van der Waals surface area contributed by atoms with Gasteiger partial charge < -0.3 is 4.90 Å². The van der Waals surface area contributed by atoms with Crippen molar-refractivity contribution in [3.05, 3.63) is 53.1 Å². The van der Waals surface area contributed by atoms with E-state index < -0.39 is 21.5 Å². The van der Waals surface area contributed by atoms with E-state index in [2.05, 4.69) is 23.7 Å². The second kappa shape index (κ2) is 11.4. The summed E-state index contributed by atoms with van der Waals surface area (Å²) in [4.78, 5) is 21.7. The number of aromatic nitrogens is 1. The lowest BCUT2D eigenvalue weighted by Crippen LogP contribution is -2.41. The maximum atomic E-state index is 13.2. The average molecular weight is 517 g/mol. The van der Waals surface area contributed by atoms with Crippen molar-refractivity contribution in [1.82, 2.24) is 9.88 Å². The molecule has 0 bridgehead atoms.